The quantitative estimate of drug-likeness (QED) is 0.635. The van der Waals surface area contributed by atoms with Gasteiger partial charge >= 0.3 is 7.12 Å². The van der Waals surface area contributed by atoms with E-state index in [1.807, 2.05) is 6.07 Å². The van der Waals surface area contributed by atoms with Crippen LogP contribution in [0.3, 0.4) is 0 Å². The van der Waals surface area contributed by atoms with E-state index in [1.165, 1.54) is 44.9 Å². The van der Waals surface area contributed by atoms with E-state index >= 15 is 0 Å². The maximum atomic E-state index is 9.06. The van der Waals surface area contributed by atoms with Crippen molar-refractivity contribution in [2.75, 3.05) is 0 Å². The van der Waals surface area contributed by atoms with Crippen LogP contribution in [0.5, 0.6) is 0 Å². The second-order valence-corrected chi connectivity index (χ2v) is 6.20. The Labute approximate surface area is 104 Å². The Morgan fingerprint density at radius 1 is 1.12 bits per heavy atom. The molecule has 5 heteroatoms. The summed E-state index contributed by atoms with van der Waals surface area (Å²) in [4.78, 5) is 1.41. The van der Waals surface area contributed by atoms with E-state index in [0.717, 1.165) is 6.42 Å². The summed E-state index contributed by atoms with van der Waals surface area (Å²) in [6.07, 6.45) is 4.93. The van der Waals surface area contributed by atoms with Crippen LogP contribution in [-0.4, -0.2) is 17.2 Å². The van der Waals surface area contributed by atoms with Crippen LogP contribution >= 0.6 is 22.7 Å². The van der Waals surface area contributed by atoms with E-state index < -0.39 is 7.12 Å². The zero-order valence-corrected chi connectivity index (χ0v) is 10.9. The number of thiophene rings is 2. The molecule has 0 atom stereocenters. The molecule has 0 radical (unpaired) electrons. The fourth-order valence-electron chi connectivity index (χ4n) is 1.70. The van der Waals surface area contributed by atoms with Gasteiger partial charge in [0, 0.05) is 19.1 Å². The summed E-state index contributed by atoms with van der Waals surface area (Å²) >= 11 is 3.25. The highest BCUT2D eigenvalue weighted by Crippen LogP contribution is 2.30. The average molecular weight is 254 g/mol. The van der Waals surface area contributed by atoms with Gasteiger partial charge in [-0.05, 0) is 25.0 Å². The SMILES string of the molecule is CCCCCc1cc2sc(B(O)O)cc2s1. The van der Waals surface area contributed by atoms with Crippen LogP contribution in [0.15, 0.2) is 12.1 Å². The fraction of sp³-hybridized carbons (Fsp3) is 0.455. The van der Waals surface area contributed by atoms with Gasteiger partial charge in [-0.15, -0.1) is 22.7 Å². The summed E-state index contributed by atoms with van der Waals surface area (Å²) in [5.41, 5.74) is 0. The lowest BCUT2D eigenvalue weighted by Crippen LogP contribution is -2.26. The molecule has 0 aliphatic rings. The summed E-state index contributed by atoms with van der Waals surface area (Å²) in [6, 6.07) is 4.07. The van der Waals surface area contributed by atoms with Gasteiger partial charge in [0.25, 0.3) is 0 Å². The summed E-state index contributed by atoms with van der Waals surface area (Å²) in [6.45, 7) is 2.21. The third kappa shape index (κ3) is 2.66. The number of aryl methyl sites for hydroxylation is 1. The lowest BCUT2D eigenvalue weighted by Gasteiger charge is -1.94. The third-order valence-electron chi connectivity index (χ3n) is 2.56. The second-order valence-electron chi connectivity index (χ2n) is 3.92. The van der Waals surface area contributed by atoms with Crippen molar-refractivity contribution in [2.45, 2.75) is 32.6 Å². The highest BCUT2D eigenvalue weighted by atomic mass is 32.1. The molecule has 0 amide bonds. The van der Waals surface area contributed by atoms with Crippen molar-refractivity contribution in [2.24, 2.45) is 0 Å². The van der Waals surface area contributed by atoms with Gasteiger partial charge in [0.15, 0.2) is 0 Å². The molecule has 0 spiro atoms. The lowest BCUT2D eigenvalue weighted by atomic mass is 9.90. The first-order chi connectivity index (χ1) is 7.70. The van der Waals surface area contributed by atoms with Crippen LogP contribution in [0.4, 0.5) is 0 Å². The van der Waals surface area contributed by atoms with Crippen molar-refractivity contribution >= 4 is 44.0 Å². The Kier molecular flexibility index (Phi) is 4.02. The highest BCUT2D eigenvalue weighted by Gasteiger charge is 2.16. The molecule has 86 valence electrons. The van der Waals surface area contributed by atoms with Gasteiger partial charge in [-0.2, -0.15) is 0 Å². The molecule has 2 aromatic heterocycles. The van der Waals surface area contributed by atoms with E-state index in [2.05, 4.69) is 13.0 Å². The molecule has 0 aliphatic heterocycles. The maximum absolute atomic E-state index is 9.06. The van der Waals surface area contributed by atoms with Crippen LogP contribution in [0.1, 0.15) is 31.1 Å². The van der Waals surface area contributed by atoms with Gasteiger partial charge in [0.2, 0.25) is 0 Å². The first-order valence-electron chi connectivity index (χ1n) is 5.59. The van der Waals surface area contributed by atoms with E-state index in [4.69, 9.17) is 10.0 Å². The maximum Gasteiger partial charge on any atom is 0.499 e. The Bertz CT molecular complexity index is 430. The predicted octanol–water partition coefficient (Wildman–Crippen LogP) is 2.38. The lowest BCUT2D eigenvalue weighted by molar-refractivity contribution is 0.427. The Morgan fingerprint density at radius 2 is 1.88 bits per heavy atom. The molecule has 0 aromatic carbocycles. The average Bonchev–Trinajstić information content (AvgIpc) is 2.75. The van der Waals surface area contributed by atoms with Gasteiger partial charge in [0.1, 0.15) is 0 Å². The van der Waals surface area contributed by atoms with Gasteiger partial charge in [-0.25, -0.2) is 0 Å². The van der Waals surface area contributed by atoms with E-state index in [-0.39, 0.29) is 0 Å². The largest absolute Gasteiger partial charge is 0.499 e. The highest BCUT2D eigenvalue weighted by molar-refractivity contribution is 7.33. The molecule has 0 saturated carbocycles. The molecular formula is C11H15BO2S2. The minimum absolute atomic E-state index is 0.640. The monoisotopic (exact) mass is 254 g/mol. The molecule has 0 fully saturated rings. The summed E-state index contributed by atoms with van der Waals surface area (Å²) in [5, 5.41) is 18.1. The molecule has 2 nitrogen and oxygen atoms in total. The molecule has 0 saturated heterocycles. The zero-order valence-electron chi connectivity index (χ0n) is 9.27. The molecule has 2 aromatic rings. The standard InChI is InChI=1S/C11H15BO2S2/c1-2-3-4-5-8-6-9-10(15-8)7-11(16-9)12(13)14/h6-7,13-14H,2-5H2,1H3. The number of unbranched alkanes of at least 4 members (excludes halogenated alkanes) is 2. The van der Waals surface area contributed by atoms with Crippen LogP contribution in [0.2, 0.25) is 0 Å². The van der Waals surface area contributed by atoms with Crippen LogP contribution in [0.25, 0.3) is 9.40 Å². The van der Waals surface area contributed by atoms with E-state index in [9.17, 15) is 0 Å². The van der Waals surface area contributed by atoms with Crippen molar-refractivity contribution in [1.29, 1.82) is 0 Å². The molecule has 0 unspecified atom stereocenters. The molecule has 2 heterocycles. The number of hydrogen-bond donors (Lipinski definition) is 2. The van der Waals surface area contributed by atoms with Crippen molar-refractivity contribution in [3.63, 3.8) is 0 Å². The van der Waals surface area contributed by atoms with Crippen molar-refractivity contribution < 1.29 is 10.0 Å². The summed E-state index contributed by atoms with van der Waals surface area (Å²) in [5.74, 6) is 0. The molecule has 16 heavy (non-hydrogen) atoms. The van der Waals surface area contributed by atoms with Crippen molar-refractivity contribution in [1.82, 2.24) is 0 Å². The first-order valence-corrected chi connectivity index (χ1v) is 7.22. The van der Waals surface area contributed by atoms with Crippen LogP contribution < -0.4 is 4.78 Å². The Morgan fingerprint density at radius 3 is 2.50 bits per heavy atom. The number of fused-ring (bicyclic) bond motifs is 1. The number of rotatable bonds is 5. The fourth-order valence-corrected chi connectivity index (χ4v) is 4.05. The van der Waals surface area contributed by atoms with Crippen molar-refractivity contribution in [3.8, 4) is 0 Å². The normalized spacial score (nSPS) is 11.2. The topological polar surface area (TPSA) is 40.5 Å². The Balaban J connectivity index is 2.10. The summed E-state index contributed by atoms with van der Waals surface area (Å²) in [7, 11) is -1.33. The smallest absolute Gasteiger partial charge is 0.423 e. The third-order valence-corrected chi connectivity index (χ3v) is 4.95. The summed E-state index contributed by atoms with van der Waals surface area (Å²) < 4.78 is 3.00. The minimum atomic E-state index is -1.33. The van der Waals surface area contributed by atoms with Gasteiger partial charge in [-0.3, -0.25) is 0 Å². The predicted molar refractivity (Wildman–Crippen MR) is 72.8 cm³/mol. The van der Waals surface area contributed by atoms with Gasteiger partial charge in [-0.1, -0.05) is 19.8 Å². The van der Waals surface area contributed by atoms with E-state index in [0.29, 0.717) is 4.78 Å². The Hall–Kier alpha value is -0.355. The molecule has 0 bridgehead atoms. The zero-order chi connectivity index (χ0) is 11.5. The minimum Gasteiger partial charge on any atom is -0.423 e. The molecule has 2 rings (SSSR count). The van der Waals surface area contributed by atoms with Gasteiger partial charge in [0.05, 0.1) is 0 Å². The van der Waals surface area contributed by atoms with Crippen molar-refractivity contribution in [3.05, 3.63) is 17.0 Å². The molecule has 0 aliphatic carbocycles. The first kappa shape index (κ1) is 12.1. The second kappa shape index (κ2) is 5.32. The molecule has 2 N–H and O–H groups in total. The van der Waals surface area contributed by atoms with Crippen LogP contribution in [0, 0.1) is 0 Å². The van der Waals surface area contributed by atoms with Crippen LogP contribution in [-0.2, 0) is 6.42 Å². The molecular weight excluding hydrogens is 239 g/mol. The van der Waals surface area contributed by atoms with Gasteiger partial charge < -0.3 is 10.0 Å². The number of hydrogen-bond acceptors (Lipinski definition) is 4. The van der Waals surface area contributed by atoms with E-state index in [1.54, 1.807) is 11.3 Å².